The Morgan fingerprint density at radius 2 is 1.81 bits per heavy atom. The van der Waals surface area contributed by atoms with E-state index in [0.717, 1.165) is 49.3 Å². The molecule has 2 N–H and O–H groups in total. The number of imidazole rings is 1. The Kier molecular flexibility index (Phi) is 5.97. The lowest BCUT2D eigenvalue weighted by molar-refractivity contribution is -0.120. The molecule has 31 heavy (non-hydrogen) atoms. The molecular formula is C22H27N5O3S. The molecule has 3 aromatic rings. The number of hydrogen-bond donors (Lipinski definition) is 2. The Hall–Kier alpha value is -2.91. The topological polar surface area (TPSA) is 98.4 Å². The molecule has 1 fully saturated rings. The van der Waals surface area contributed by atoms with Crippen molar-refractivity contribution in [1.29, 1.82) is 0 Å². The Morgan fingerprint density at radius 1 is 1.06 bits per heavy atom. The van der Waals surface area contributed by atoms with Crippen LogP contribution in [0, 0.1) is 0 Å². The summed E-state index contributed by atoms with van der Waals surface area (Å²) in [6, 6.07) is 14.1. The van der Waals surface area contributed by atoms with Crippen LogP contribution in [0.25, 0.3) is 11.0 Å². The minimum Gasteiger partial charge on any atom is -0.341 e. The van der Waals surface area contributed by atoms with Gasteiger partial charge in [0.2, 0.25) is 11.9 Å². The maximum atomic E-state index is 12.9. The fourth-order valence-corrected chi connectivity index (χ4v) is 4.77. The smallest absolute Gasteiger partial charge is 0.241 e. The summed E-state index contributed by atoms with van der Waals surface area (Å²) in [7, 11) is -3.43. The highest BCUT2D eigenvalue weighted by Crippen LogP contribution is 2.22. The van der Waals surface area contributed by atoms with E-state index in [1.54, 1.807) is 18.2 Å². The van der Waals surface area contributed by atoms with Crippen molar-refractivity contribution in [3.05, 3.63) is 48.5 Å². The van der Waals surface area contributed by atoms with Crippen LogP contribution < -0.4 is 10.2 Å². The first kappa shape index (κ1) is 21.3. The van der Waals surface area contributed by atoms with Crippen molar-refractivity contribution in [1.82, 2.24) is 14.9 Å². The van der Waals surface area contributed by atoms with Gasteiger partial charge in [0.05, 0.1) is 27.7 Å². The molecule has 1 saturated heterocycles. The lowest BCUT2D eigenvalue weighted by Gasteiger charge is -2.27. The van der Waals surface area contributed by atoms with Crippen LogP contribution in [0.5, 0.6) is 0 Å². The van der Waals surface area contributed by atoms with Gasteiger partial charge in [-0.25, -0.2) is 13.4 Å². The summed E-state index contributed by atoms with van der Waals surface area (Å²) < 4.78 is 24.0. The summed E-state index contributed by atoms with van der Waals surface area (Å²) in [5, 5.41) is 2.80. The van der Waals surface area contributed by atoms with Crippen molar-refractivity contribution < 1.29 is 13.2 Å². The van der Waals surface area contributed by atoms with Crippen LogP contribution in [0.3, 0.4) is 0 Å². The molecular weight excluding hydrogens is 414 g/mol. The number of carbonyl (C=O) groups excluding carboxylic acids is 1. The molecule has 1 aliphatic rings. The van der Waals surface area contributed by atoms with Crippen LogP contribution >= 0.6 is 0 Å². The number of para-hydroxylation sites is 3. The number of sulfone groups is 1. The SMILES string of the molecule is CC(C(=O)Nc1ccccc1S(C)(=O)=O)N1CCCN(c2nc3ccccc3[nH]2)CC1. The average Bonchev–Trinajstić information content (AvgIpc) is 3.02. The highest BCUT2D eigenvalue weighted by molar-refractivity contribution is 7.90. The van der Waals surface area contributed by atoms with Crippen molar-refractivity contribution >= 4 is 38.4 Å². The number of nitrogens with one attached hydrogen (secondary N) is 2. The van der Waals surface area contributed by atoms with E-state index in [1.165, 1.54) is 6.07 Å². The molecule has 0 spiro atoms. The Labute approximate surface area is 182 Å². The Balaban J connectivity index is 1.43. The number of nitrogens with zero attached hydrogens (tertiary/aromatic N) is 3. The van der Waals surface area contributed by atoms with Gasteiger partial charge in [-0.2, -0.15) is 0 Å². The number of carbonyl (C=O) groups is 1. The monoisotopic (exact) mass is 441 g/mol. The lowest BCUT2D eigenvalue weighted by atomic mass is 10.2. The fourth-order valence-electron chi connectivity index (χ4n) is 3.92. The molecule has 0 saturated carbocycles. The predicted octanol–water partition coefficient (Wildman–Crippen LogP) is 2.51. The van der Waals surface area contributed by atoms with E-state index in [9.17, 15) is 13.2 Å². The number of rotatable bonds is 5. The van der Waals surface area contributed by atoms with Crippen molar-refractivity contribution in [2.45, 2.75) is 24.3 Å². The highest BCUT2D eigenvalue weighted by Gasteiger charge is 2.26. The summed E-state index contributed by atoms with van der Waals surface area (Å²) in [4.78, 5) is 25.4. The number of fused-ring (bicyclic) bond motifs is 1. The van der Waals surface area contributed by atoms with Crippen LogP contribution in [-0.4, -0.2) is 67.7 Å². The second-order valence-electron chi connectivity index (χ2n) is 7.89. The Morgan fingerprint density at radius 3 is 2.58 bits per heavy atom. The largest absolute Gasteiger partial charge is 0.341 e. The molecule has 9 heteroatoms. The standard InChI is InChI=1S/C22H27N5O3S/c1-16(21(28)23-19-10-5-6-11-20(19)31(2,29)30)26-12-7-13-27(15-14-26)22-24-17-8-3-4-9-18(17)25-22/h3-6,8-11,16H,7,12-15H2,1-2H3,(H,23,28)(H,24,25). The van der Waals surface area contributed by atoms with E-state index in [2.05, 4.69) is 25.1 Å². The van der Waals surface area contributed by atoms with Gasteiger partial charge in [0.15, 0.2) is 9.84 Å². The van der Waals surface area contributed by atoms with E-state index in [-0.39, 0.29) is 16.8 Å². The minimum absolute atomic E-state index is 0.127. The zero-order valence-corrected chi connectivity index (χ0v) is 18.5. The predicted molar refractivity (Wildman–Crippen MR) is 122 cm³/mol. The summed E-state index contributed by atoms with van der Waals surface area (Å²) in [6.07, 6.45) is 2.04. The van der Waals surface area contributed by atoms with Crippen LogP contribution in [0.15, 0.2) is 53.4 Å². The molecule has 1 atom stereocenters. The molecule has 2 aromatic carbocycles. The third-order valence-electron chi connectivity index (χ3n) is 5.68. The minimum atomic E-state index is -3.43. The first-order valence-corrected chi connectivity index (χ1v) is 12.3. The molecule has 164 valence electrons. The lowest BCUT2D eigenvalue weighted by Crippen LogP contribution is -2.44. The second kappa shape index (κ2) is 8.68. The molecule has 1 aliphatic heterocycles. The number of benzene rings is 2. The maximum absolute atomic E-state index is 12.9. The van der Waals surface area contributed by atoms with Crippen molar-refractivity contribution in [3.8, 4) is 0 Å². The zero-order valence-electron chi connectivity index (χ0n) is 17.7. The normalized spacial score (nSPS) is 16.8. The molecule has 1 aromatic heterocycles. The van der Waals surface area contributed by atoms with Crippen LogP contribution in [0.1, 0.15) is 13.3 Å². The van der Waals surface area contributed by atoms with Gasteiger partial charge in [-0.3, -0.25) is 9.69 Å². The first-order valence-electron chi connectivity index (χ1n) is 10.4. The highest BCUT2D eigenvalue weighted by atomic mass is 32.2. The van der Waals surface area contributed by atoms with Gasteiger partial charge in [-0.15, -0.1) is 0 Å². The van der Waals surface area contributed by atoms with Crippen molar-refractivity contribution in [2.24, 2.45) is 0 Å². The third kappa shape index (κ3) is 4.72. The van der Waals surface area contributed by atoms with Crippen LogP contribution in [0.4, 0.5) is 11.6 Å². The number of anilines is 2. The number of aromatic nitrogens is 2. The van der Waals surface area contributed by atoms with E-state index < -0.39 is 9.84 Å². The van der Waals surface area contributed by atoms with Gasteiger partial charge in [0.1, 0.15) is 0 Å². The van der Waals surface area contributed by atoms with E-state index in [1.807, 2.05) is 31.2 Å². The quantitative estimate of drug-likeness (QED) is 0.631. The molecule has 8 nitrogen and oxygen atoms in total. The van der Waals surface area contributed by atoms with Gasteiger partial charge in [0.25, 0.3) is 0 Å². The van der Waals surface area contributed by atoms with E-state index in [0.29, 0.717) is 12.2 Å². The molecule has 0 aliphatic carbocycles. The summed E-state index contributed by atoms with van der Waals surface area (Å²) in [6.45, 7) is 4.94. The maximum Gasteiger partial charge on any atom is 0.241 e. The van der Waals surface area contributed by atoms with Gasteiger partial charge in [0, 0.05) is 32.4 Å². The molecule has 1 unspecified atom stereocenters. The number of aromatic amines is 1. The number of H-pyrrole nitrogens is 1. The van der Waals surface area contributed by atoms with E-state index in [4.69, 9.17) is 0 Å². The van der Waals surface area contributed by atoms with Gasteiger partial charge in [-0.1, -0.05) is 24.3 Å². The van der Waals surface area contributed by atoms with Gasteiger partial charge >= 0.3 is 0 Å². The van der Waals surface area contributed by atoms with Crippen molar-refractivity contribution in [3.63, 3.8) is 0 Å². The molecule has 2 heterocycles. The first-order chi connectivity index (χ1) is 14.8. The summed E-state index contributed by atoms with van der Waals surface area (Å²) in [5.74, 6) is 0.635. The molecule has 4 rings (SSSR count). The fraction of sp³-hybridized carbons (Fsp3) is 0.364. The molecule has 0 bridgehead atoms. The molecule has 0 radical (unpaired) electrons. The second-order valence-corrected chi connectivity index (χ2v) is 9.87. The van der Waals surface area contributed by atoms with Gasteiger partial charge < -0.3 is 15.2 Å². The Bertz CT molecular complexity index is 1160. The zero-order chi connectivity index (χ0) is 22.0. The molecule has 1 amide bonds. The average molecular weight is 442 g/mol. The van der Waals surface area contributed by atoms with Crippen LogP contribution in [-0.2, 0) is 14.6 Å². The van der Waals surface area contributed by atoms with Gasteiger partial charge in [-0.05, 0) is 37.6 Å². The van der Waals surface area contributed by atoms with Crippen molar-refractivity contribution in [2.75, 3.05) is 42.7 Å². The number of hydrogen-bond acceptors (Lipinski definition) is 6. The summed E-state index contributed by atoms with van der Waals surface area (Å²) >= 11 is 0. The van der Waals surface area contributed by atoms with Crippen LogP contribution in [0.2, 0.25) is 0 Å². The third-order valence-corrected chi connectivity index (χ3v) is 6.83. The number of amides is 1. The van der Waals surface area contributed by atoms with E-state index >= 15 is 0 Å². The summed E-state index contributed by atoms with van der Waals surface area (Å²) in [5.41, 5.74) is 2.27.